The maximum absolute atomic E-state index is 13.1. The van der Waals surface area contributed by atoms with E-state index in [2.05, 4.69) is 37.3 Å². The molecule has 0 spiro atoms. The van der Waals surface area contributed by atoms with Crippen molar-refractivity contribution in [3.63, 3.8) is 0 Å². The van der Waals surface area contributed by atoms with E-state index in [0.29, 0.717) is 69.2 Å². The van der Waals surface area contributed by atoms with Crippen LogP contribution in [0.15, 0.2) is 41.3 Å². The summed E-state index contributed by atoms with van der Waals surface area (Å²) >= 11 is 0. The van der Waals surface area contributed by atoms with E-state index >= 15 is 0 Å². The van der Waals surface area contributed by atoms with E-state index in [9.17, 15) is 9.90 Å². The van der Waals surface area contributed by atoms with Crippen molar-refractivity contribution < 1.29 is 28.5 Å². The summed E-state index contributed by atoms with van der Waals surface area (Å²) in [6.07, 6.45) is 3.82. The number of rotatable bonds is 15. The second kappa shape index (κ2) is 13.9. The summed E-state index contributed by atoms with van der Waals surface area (Å²) in [4.78, 5) is 30.2. The van der Waals surface area contributed by atoms with E-state index in [-0.39, 0.29) is 18.2 Å². The number of ketones is 1. The number of carbonyl (C=O) groups excluding carboxylic acids is 1. The average Bonchev–Trinajstić information content (AvgIpc) is 3.49. The zero-order chi connectivity index (χ0) is 28.6. The number of aliphatic hydroxyl groups excluding tert-OH is 1. The average molecular weight is 567 g/mol. The minimum Gasteiger partial charge on any atom is -0.486 e. The number of ether oxygens (including phenoxy) is 3. The molecule has 0 bridgehead atoms. The lowest BCUT2D eigenvalue weighted by atomic mass is 9.98. The van der Waals surface area contributed by atoms with Crippen molar-refractivity contribution in [2.24, 2.45) is 0 Å². The molecule has 5 rings (SSSR count). The van der Waals surface area contributed by atoms with Crippen molar-refractivity contribution in [1.29, 1.82) is 0 Å². The highest BCUT2D eigenvalue weighted by Crippen LogP contribution is 2.25. The first-order valence-electron chi connectivity index (χ1n) is 14.0. The van der Waals surface area contributed by atoms with Gasteiger partial charge in [-0.15, -0.1) is 0 Å². The molecule has 12 heteroatoms. The van der Waals surface area contributed by atoms with Crippen LogP contribution < -0.4 is 15.0 Å². The lowest BCUT2D eigenvalue weighted by Gasteiger charge is -2.30. The van der Waals surface area contributed by atoms with Crippen molar-refractivity contribution in [3.8, 4) is 5.75 Å². The van der Waals surface area contributed by atoms with E-state index in [1.807, 2.05) is 18.0 Å². The number of hydrogen-bond donors (Lipinski definition) is 2. The van der Waals surface area contributed by atoms with Gasteiger partial charge < -0.3 is 34.0 Å². The van der Waals surface area contributed by atoms with Gasteiger partial charge in [0.15, 0.2) is 17.9 Å². The number of methoxy groups -OCH3 is 1. The molecule has 2 aliphatic heterocycles. The van der Waals surface area contributed by atoms with Crippen LogP contribution in [0.4, 0.5) is 11.8 Å². The summed E-state index contributed by atoms with van der Waals surface area (Å²) in [5.41, 5.74) is 2.80. The summed E-state index contributed by atoms with van der Waals surface area (Å²) in [7, 11) is 3.51. The van der Waals surface area contributed by atoms with Gasteiger partial charge in [0, 0.05) is 52.8 Å². The fourth-order valence-electron chi connectivity index (χ4n) is 4.79. The van der Waals surface area contributed by atoms with Gasteiger partial charge >= 0.3 is 0 Å². The molecule has 0 amide bonds. The molecule has 0 aliphatic carbocycles. The van der Waals surface area contributed by atoms with Gasteiger partial charge in [-0.1, -0.05) is 6.07 Å². The van der Waals surface area contributed by atoms with E-state index in [1.165, 1.54) is 17.5 Å². The highest BCUT2D eigenvalue weighted by Gasteiger charge is 2.23. The zero-order valence-electron chi connectivity index (χ0n) is 23.6. The Morgan fingerprint density at radius 1 is 1.27 bits per heavy atom. The number of hydrogen-bond acceptors (Lipinski definition) is 12. The molecular formula is C29H38N6O6. The van der Waals surface area contributed by atoms with Gasteiger partial charge in [0.05, 0.1) is 38.2 Å². The number of nitrogens with one attached hydrogen (secondary N) is 1. The van der Waals surface area contributed by atoms with Gasteiger partial charge in [-0.2, -0.15) is 4.98 Å². The second-order valence-electron chi connectivity index (χ2n) is 10.5. The van der Waals surface area contributed by atoms with Crippen molar-refractivity contribution in [2.75, 3.05) is 63.8 Å². The number of fused-ring (bicyclic) bond motifs is 1. The van der Waals surface area contributed by atoms with Crippen LogP contribution in [-0.2, 0) is 29.0 Å². The molecule has 1 atom stereocenters. The Morgan fingerprint density at radius 3 is 2.90 bits per heavy atom. The number of β-amino-alcohol motifs (C(OH)–C–C–N with tert-alkyl or cyclic N) is 1. The molecule has 2 N–H and O–H groups in total. The standard InChI is InChI=1S/C29H38N6O6/c1-34(9-10-38-2)29-32-26(12-28(33-29)31-22-16-39-17-22)27(37)6-4-23(36)15-35-8-7-20-11-24(5-3-21(20)14-35)40-18-25-13-30-19-41-25/h3,5,11-13,19,22-23,36H,4,6-10,14-18H2,1-2H3,(H,31,32,33)/t23-/m0/s1. The Bertz CT molecular complexity index is 1280. The minimum absolute atomic E-state index is 0.123. The fraction of sp³-hybridized carbons (Fsp3) is 0.517. The quantitative estimate of drug-likeness (QED) is 0.261. The topological polar surface area (TPSA) is 135 Å². The maximum Gasteiger partial charge on any atom is 0.227 e. The molecular weight excluding hydrogens is 528 g/mol. The molecule has 220 valence electrons. The summed E-state index contributed by atoms with van der Waals surface area (Å²) in [6, 6.07) is 7.95. The lowest BCUT2D eigenvalue weighted by molar-refractivity contribution is 0.0209. The van der Waals surface area contributed by atoms with Crippen LogP contribution >= 0.6 is 0 Å². The Kier molecular flexibility index (Phi) is 9.78. The van der Waals surface area contributed by atoms with E-state index in [0.717, 1.165) is 25.3 Å². The molecule has 12 nitrogen and oxygen atoms in total. The van der Waals surface area contributed by atoms with Crippen molar-refractivity contribution in [3.05, 3.63) is 59.4 Å². The van der Waals surface area contributed by atoms with Crippen LogP contribution in [0.3, 0.4) is 0 Å². The van der Waals surface area contributed by atoms with Crippen molar-refractivity contribution in [2.45, 2.75) is 44.6 Å². The molecule has 41 heavy (non-hydrogen) atoms. The van der Waals surface area contributed by atoms with Crippen molar-refractivity contribution in [1.82, 2.24) is 19.9 Å². The summed E-state index contributed by atoms with van der Waals surface area (Å²) < 4.78 is 21.5. The van der Waals surface area contributed by atoms with Crippen LogP contribution in [0.25, 0.3) is 0 Å². The number of carbonyl (C=O) groups is 1. The third kappa shape index (κ3) is 8.00. The first-order chi connectivity index (χ1) is 20.0. The molecule has 2 aliphatic rings. The molecule has 0 unspecified atom stereocenters. The van der Waals surface area contributed by atoms with Crippen LogP contribution in [0.1, 0.15) is 40.2 Å². The summed E-state index contributed by atoms with van der Waals surface area (Å²) in [5.74, 6) is 2.40. The van der Waals surface area contributed by atoms with Crippen LogP contribution in [0, 0.1) is 0 Å². The van der Waals surface area contributed by atoms with E-state index < -0.39 is 6.10 Å². The van der Waals surface area contributed by atoms with Gasteiger partial charge in [0.1, 0.15) is 23.9 Å². The molecule has 0 radical (unpaired) electrons. The predicted octanol–water partition coefficient (Wildman–Crippen LogP) is 2.32. The van der Waals surface area contributed by atoms with Gasteiger partial charge in [-0.25, -0.2) is 9.97 Å². The number of aliphatic hydroxyl groups is 1. The second-order valence-corrected chi connectivity index (χ2v) is 10.5. The number of likely N-dealkylation sites (N-methyl/N-ethyl adjacent to an activating group) is 1. The summed E-state index contributed by atoms with van der Waals surface area (Å²) in [6.45, 7) is 4.72. The van der Waals surface area contributed by atoms with Gasteiger partial charge in [0.2, 0.25) is 5.95 Å². The molecule has 1 saturated heterocycles. The third-order valence-electron chi connectivity index (χ3n) is 7.27. The highest BCUT2D eigenvalue weighted by atomic mass is 16.5. The number of benzene rings is 1. The van der Waals surface area contributed by atoms with Gasteiger partial charge in [0.25, 0.3) is 0 Å². The van der Waals surface area contributed by atoms with Crippen LogP contribution in [0.2, 0.25) is 0 Å². The number of nitrogens with zero attached hydrogens (tertiary/aromatic N) is 5. The Morgan fingerprint density at radius 2 is 2.15 bits per heavy atom. The fourth-order valence-corrected chi connectivity index (χ4v) is 4.79. The first kappa shape index (κ1) is 28.9. The number of aromatic nitrogens is 3. The molecule has 1 aromatic carbocycles. The molecule has 1 fully saturated rings. The first-order valence-corrected chi connectivity index (χ1v) is 14.0. The summed E-state index contributed by atoms with van der Waals surface area (Å²) in [5, 5.41) is 14.1. The largest absolute Gasteiger partial charge is 0.486 e. The maximum atomic E-state index is 13.1. The minimum atomic E-state index is -0.625. The molecule has 2 aromatic heterocycles. The van der Waals surface area contributed by atoms with Crippen LogP contribution in [0.5, 0.6) is 5.75 Å². The Balaban J connectivity index is 1.13. The molecule has 3 aromatic rings. The molecule has 0 saturated carbocycles. The Hall–Kier alpha value is -3.58. The van der Waals surface area contributed by atoms with E-state index in [1.54, 1.807) is 19.4 Å². The monoisotopic (exact) mass is 566 g/mol. The number of anilines is 2. The van der Waals surface area contributed by atoms with Crippen molar-refractivity contribution >= 4 is 17.5 Å². The van der Waals surface area contributed by atoms with Crippen LogP contribution in [-0.4, -0.2) is 96.5 Å². The highest BCUT2D eigenvalue weighted by molar-refractivity contribution is 5.95. The number of Topliss-reactive ketones (excluding diaryl/α,β-unsaturated/α-hetero) is 1. The predicted molar refractivity (Wildman–Crippen MR) is 151 cm³/mol. The van der Waals surface area contributed by atoms with Gasteiger partial charge in [-0.3, -0.25) is 9.69 Å². The Labute approximate surface area is 239 Å². The molecule has 4 heterocycles. The normalized spacial score (nSPS) is 16.1. The third-order valence-corrected chi connectivity index (χ3v) is 7.27. The smallest absolute Gasteiger partial charge is 0.227 e. The zero-order valence-corrected chi connectivity index (χ0v) is 23.6. The van der Waals surface area contributed by atoms with E-state index in [4.69, 9.17) is 18.6 Å². The van der Waals surface area contributed by atoms with Gasteiger partial charge in [-0.05, 0) is 36.1 Å². The number of oxazole rings is 1. The lowest BCUT2D eigenvalue weighted by Crippen LogP contribution is -2.40. The SMILES string of the molecule is COCCN(C)c1nc(NC2COC2)cc(C(=O)CC[C@H](O)CN2CCc3cc(OCc4cnco4)ccc3C2)n1.